The number of aliphatic carboxylic acids is 1. The molecular weight excluding hydrogens is 342 g/mol. The maximum absolute atomic E-state index is 12.8. The molecule has 1 N–H and O–H groups in total. The molecule has 1 amide bonds. The number of rotatable bonds is 4. The number of nitrogens with zero attached hydrogens (tertiary/aromatic N) is 3. The minimum absolute atomic E-state index is 0.0560. The molecule has 7 heteroatoms. The molecule has 0 unspecified atom stereocenters. The number of benzene rings is 1. The van der Waals surface area contributed by atoms with E-state index in [0.29, 0.717) is 23.7 Å². The molecule has 0 atom stereocenters. The van der Waals surface area contributed by atoms with Crippen molar-refractivity contribution in [2.24, 2.45) is 5.92 Å². The highest BCUT2D eigenvalue weighted by molar-refractivity contribution is 6.30. The Morgan fingerprint density at radius 1 is 1.32 bits per heavy atom. The molecular formula is C18H20ClN3O3. The van der Waals surface area contributed by atoms with Gasteiger partial charge in [0.25, 0.3) is 5.91 Å². The fourth-order valence-corrected chi connectivity index (χ4v) is 3.43. The largest absolute Gasteiger partial charge is 0.481 e. The summed E-state index contributed by atoms with van der Waals surface area (Å²) in [6.07, 6.45) is 3.20. The van der Waals surface area contributed by atoms with Crippen LogP contribution in [0.2, 0.25) is 5.02 Å². The van der Waals surface area contributed by atoms with Gasteiger partial charge in [-0.2, -0.15) is 5.10 Å². The topological polar surface area (TPSA) is 75.4 Å². The van der Waals surface area contributed by atoms with Crippen LogP contribution in [-0.2, 0) is 4.79 Å². The molecule has 0 radical (unpaired) electrons. The number of carboxylic acid groups (broad SMARTS) is 1. The second-order valence-electron chi connectivity index (χ2n) is 6.37. The molecule has 25 heavy (non-hydrogen) atoms. The van der Waals surface area contributed by atoms with Crippen molar-refractivity contribution >= 4 is 23.5 Å². The van der Waals surface area contributed by atoms with Gasteiger partial charge in [0.15, 0.2) is 0 Å². The van der Waals surface area contributed by atoms with Crippen molar-refractivity contribution in [2.45, 2.75) is 26.2 Å². The van der Waals surface area contributed by atoms with Gasteiger partial charge >= 0.3 is 5.97 Å². The number of piperidine rings is 1. The van der Waals surface area contributed by atoms with Crippen molar-refractivity contribution in [3.63, 3.8) is 0 Å². The summed E-state index contributed by atoms with van der Waals surface area (Å²) in [5, 5.41) is 13.8. The van der Waals surface area contributed by atoms with Crippen LogP contribution in [0.4, 0.5) is 0 Å². The number of aromatic nitrogens is 2. The second-order valence-corrected chi connectivity index (χ2v) is 6.81. The van der Waals surface area contributed by atoms with Crippen LogP contribution in [0, 0.1) is 12.8 Å². The number of likely N-dealkylation sites (tertiary alicyclic amines) is 1. The highest BCUT2D eigenvalue weighted by atomic mass is 35.5. The number of carbonyl (C=O) groups is 2. The van der Waals surface area contributed by atoms with Gasteiger partial charge in [-0.3, -0.25) is 9.59 Å². The Morgan fingerprint density at radius 2 is 2.04 bits per heavy atom. The second kappa shape index (κ2) is 7.27. The monoisotopic (exact) mass is 361 g/mol. The quantitative estimate of drug-likeness (QED) is 0.907. The maximum Gasteiger partial charge on any atom is 0.303 e. The molecule has 1 aromatic carbocycles. The molecule has 132 valence electrons. The third kappa shape index (κ3) is 3.85. The predicted octanol–water partition coefficient (Wildman–Crippen LogP) is 3.16. The number of carbonyl (C=O) groups excluding carboxylic acids is 1. The average Bonchev–Trinajstić information content (AvgIpc) is 2.96. The number of hydrogen-bond donors (Lipinski definition) is 1. The normalized spacial score (nSPS) is 15.4. The summed E-state index contributed by atoms with van der Waals surface area (Å²) in [6.45, 7) is 3.02. The molecule has 0 bridgehead atoms. The van der Waals surface area contributed by atoms with Crippen LogP contribution in [0.5, 0.6) is 0 Å². The standard InChI is InChI=1S/C18H20ClN3O3/c1-12-16(11-20-22(12)15-4-2-3-14(19)10-15)18(25)21-7-5-13(6-8-21)9-17(23)24/h2-4,10-11,13H,5-9H2,1H3,(H,23,24). The summed E-state index contributed by atoms with van der Waals surface area (Å²) in [5.74, 6) is -0.681. The van der Waals surface area contributed by atoms with E-state index in [0.717, 1.165) is 24.2 Å². The first-order chi connectivity index (χ1) is 12.0. The van der Waals surface area contributed by atoms with E-state index < -0.39 is 5.97 Å². The van der Waals surface area contributed by atoms with Gasteiger partial charge in [-0.15, -0.1) is 0 Å². The van der Waals surface area contributed by atoms with Crippen molar-refractivity contribution < 1.29 is 14.7 Å². The first-order valence-electron chi connectivity index (χ1n) is 8.27. The van der Waals surface area contributed by atoms with Crippen LogP contribution >= 0.6 is 11.6 Å². The molecule has 0 aliphatic carbocycles. The van der Waals surface area contributed by atoms with Gasteiger partial charge < -0.3 is 10.0 Å². The van der Waals surface area contributed by atoms with E-state index in [2.05, 4.69) is 5.10 Å². The minimum atomic E-state index is -0.775. The van der Waals surface area contributed by atoms with Crippen LogP contribution < -0.4 is 0 Å². The summed E-state index contributed by atoms with van der Waals surface area (Å²) in [6, 6.07) is 7.31. The Morgan fingerprint density at radius 3 is 2.68 bits per heavy atom. The van der Waals surface area contributed by atoms with Crippen LogP contribution in [0.1, 0.15) is 35.3 Å². The lowest BCUT2D eigenvalue weighted by Crippen LogP contribution is -2.39. The highest BCUT2D eigenvalue weighted by Gasteiger charge is 2.27. The van der Waals surface area contributed by atoms with Crippen LogP contribution in [-0.4, -0.2) is 44.8 Å². The fraction of sp³-hybridized carbons (Fsp3) is 0.389. The zero-order valence-electron chi connectivity index (χ0n) is 14.0. The Bertz CT molecular complexity index is 795. The average molecular weight is 362 g/mol. The van der Waals surface area contributed by atoms with Crippen LogP contribution in [0.15, 0.2) is 30.5 Å². The van der Waals surface area contributed by atoms with Crippen LogP contribution in [0.3, 0.4) is 0 Å². The van der Waals surface area contributed by atoms with Gasteiger partial charge in [0.2, 0.25) is 0 Å². The zero-order chi connectivity index (χ0) is 18.0. The van der Waals surface area contributed by atoms with Gasteiger partial charge in [-0.05, 0) is 43.9 Å². The Labute approximate surface area is 151 Å². The number of carboxylic acids is 1. The lowest BCUT2D eigenvalue weighted by molar-refractivity contribution is -0.138. The summed E-state index contributed by atoms with van der Waals surface area (Å²) < 4.78 is 1.70. The number of halogens is 1. The fourth-order valence-electron chi connectivity index (χ4n) is 3.25. The molecule has 3 rings (SSSR count). The smallest absolute Gasteiger partial charge is 0.303 e. The van der Waals surface area contributed by atoms with Gasteiger partial charge in [-0.1, -0.05) is 17.7 Å². The van der Waals surface area contributed by atoms with Crippen molar-refractivity contribution in [2.75, 3.05) is 13.1 Å². The van der Waals surface area contributed by atoms with E-state index in [1.54, 1.807) is 27.9 Å². The lowest BCUT2D eigenvalue weighted by atomic mass is 9.93. The third-order valence-corrected chi connectivity index (χ3v) is 4.89. The molecule has 0 saturated carbocycles. The van der Waals surface area contributed by atoms with Gasteiger partial charge in [0.05, 0.1) is 23.1 Å². The van der Waals surface area contributed by atoms with E-state index in [1.807, 2.05) is 19.1 Å². The van der Waals surface area contributed by atoms with E-state index >= 15 is 0 Å². The van der Waals surface area contributed by atoms with E-state index in [1.165, 1.54) is 0 Å². The summed E-state index contributed by atoms with van der Waals surface area (Å²) in [5.41, 5.74) is 2.14. The molecule has 0 spiro atoms. The van der Waals surface area contributed by atoms with Crippen molar-refractivity contribution in [3.05, 3.63) is 46.7 Å². The molecule has 1 aromatic heterocycles. The third-order valence-electron chi connectivity index (χ3n) is 4.66. The Kier molecular flexibility index (Phi) is 5.08. The van der Waals surface area contributed by atoms with E-state index in [-0.39, 0.29) is 18.2 Å². The van der Waals surface area contributed by atoms with Crippen molar-refractivity contribution in [3.8, 4) is 5.69 Å². The Balaban J connectivity index is 1.73. The summed E-state index contributed by atoms with van der Waals surface area (Å²) in [4.78, 5) is 25.4. The lowest BCUT2D eigenvalue weighted by Gasteiger charge is -2.31. The SMILES string of the molecule is Cc1c(C(=O)N2CCC(CC(=O)O)CC2)cnn1-c1cccc(Cl)c1. The van der Waals surface area contributed by atoms with E-state index in [4.69, 9.17) is 16.7 Å². The summed E-state index contributed by atoms with van der Waals surface area (Å²) >= 11 is 6.03. The molecule has 1 aliphatic heterocycles. The summed E-state index contributed by atoms with van der Waals surface area (Å²) in [7, 11) is 0. The van der Waals surface area contributed by atoms with Gasteiger partial charge in [0, 0.05) is 24.5 Å². The van der Waals surface area contributed by atoms with Gasteiger partial charge in [0.1, 0.15) is 0 Å². The first-order valence-corrected chi connectivity index (χ1v) is 8.65. The van der Waals surface area contributed by atoms with Crippen molar-refractivity contribution in [1.29, 1.82) is 0 Å². The Hall–Kier alpha value is -2.34. The molecule has 2 heterocycles. The zero-order valence-corrected chi connectivity index (χ0v) is 14.7. The molecule has 1 saturated heterocycles. The molecule has 2 aromatic rings. The number of hydrogen-bond acceptors (Lipinski definition) is 3. The van der Waals surface area contributed by atoms with Crippen LogP contribution in [0.25, 0.3) is 5.69 Å². The number of amides is 1. The van der Waals surface area contributed by atoms with E-state index in [9.17, 15) is 9.59 Å². The van der Waals surface area contributed by atoms with Crippen molar-refractivity contribution in [1.82, 2.24) is 14.7 Å². The molecule has 1 aliphatic rings. The minimum Gasteiger partial charge on any atom is -0.481 e. The predicted molar refractivity (Wildman–Crippen MR) is 94.2 cm³/mol. The molecule has 1 fully saturated rings. The molecule has 6 nitrogen and oxygen atoms in total. The maximum atomic E-state index is 12.8. The first kappa shape index (κ1) is 17.5. The van der Waals surface area contributed by atoms with Gasteiger partial charge in [-0.25, -0.2) is 4.68 Å². The highest BCUT2D eigenvalue weighted by Crippen LogP contribution is 2.24.